The molecule has 1 atom stereocenters. The minimum absolute atomic E-state index is 0.284. The van der Waals surface area contributed by atoms with Gasteiger partial charge in [0.2, 0.25) is 10.0 Å². The van der Waals surface area contributed by atoms with Crippen LogP contribution in [-0.2, 0) is 10.0 Å². The molecule has 1 saturated heterocycles. The van der Waals surface area contributed by atoms with Crippen LogP contribution in [0.3, 0.4) is 0 Å². The number of nitrogens with zero attached hydrogens (tertiary/aromatic N) is 3. The number of hydrogen-bond donors (Lipinski definition) is 0. The number of rotatable bonds is 4. The fourth-order valence-electron chi connectivity index (χ4n) is 3.23. The fraction of sp³-hybridized carbons (Fsp3) is 0.400. The molecule has 2 aromatic rings. The first-order valence-corrected chi connectivity index (χ1v) is 8.96. The Labute approximate surface area is 139 Å². The van der Waals surface area contributed by atoms with Crippen LogP contribution in [-0.4, -0.2) is 29.3 Å². The molecular formula is C15H17N3O5S. The summed E-state index contributed by atoms with van der Waals surface area (Å²) in [5, 5.41) is 15.1. The van der Waals surface area contributed by atoms with Crippen LogP contribution >= 0.6 is 0 Å². The van der Waals surface area contributed by atoms with E-state index in [9.17, 15) is 18.5 Å². The Balaban J connectivity index is 2.09. The normalized spacial score (nSPS) is 18.8. The van der Waals surface area contributed by atoms with E-state index in [4.69, 9.17) is 4.52 Å². The summed E-state index contributed by atoms with van der Waals surface area (Å²) in [6.45, 7) is 3.81. The second-order valence-corrected chi connectivity index (χ2v) is 7.60. The SMILES string of the molecule is Cc1noc(C)c1C1CCCN1S(=O)(=O)c1ccccc1[N+](=O)[O-]. The van der Waals surface area contributed by atoms with Crippen LogP contribution in [0.4, 0.5) is 5.69 Å². The average Bonchev–Trinajstić information content (AvgIpc) is 3.14. The highest BCUT2D eigenvalue weighted by atomic mass is 32.2. The zero-order chi connectivity index (χ0) is 17.5. The lowest BCUT2D eigenvalue weighted by Crippen LogP contribution is -2.31. The second-order valence-electron chi connectivity index (χ2n) is 5.74. The molecule has 2 heterocycles. The highest BCUT2D eigenvalue weighted by Gasteiger charge is 2.41. The van der Waals surface area contributed by atoms with E-state index in [0.717, 1.165) is 5.56 Å². The summed E-state index contributed by atoms with van der Waals surface area (Å²) in [5.41, 5.74) is 0.971. The van der Waals surface area contributed by atoms with Crippen molar-refractivity contribution >= 4 is 15.7 Å². The van der Waals surface area contributed by atoms with Gasteiger partial charge in [0.05, 0.1) is 16.7 Å². The van der Waals surface area contributed by atoms with E-state index in [0.29, 0.717) is 30.8 Å². The minimum atomic E-state index is -4.00. The maximum atomic E-state index is 13.1. The molecule has 1 unspecified atom stereocenters. The van der Waals surface area contributed by atoms with E-state index in [1.165, 1.54) is 28.6 Å². The largest absolute Gasteiger partial charge is 0.361 e. The number of aromatic nitrogens is 1. The van der Waals surface area contributed by atoms with Crippen LogP contribution in [0, 0.1) is 24.0 Å². The Morgan fingerprint density at radius 2 is 2.04 bits per heavy atom. The molecule has 128 valence electrons. The van der Waals surface area contributed by atoms with Crippen molar-refractivity contribution in [1.29, 1.82) is 0 Å². The standard InChI is InChI=1S/C15H17N3O5S/c1-10-15(11(2)23-16-10)13-7-5-9-17(13)24(21,22)14-8-4-3-6-12(14)18(19)20/h3-4,6,8,13H,5,7,9H2,1-2H3. The monoisotopic (exact) mass is 351 g/mol. The van der Waals surface area contributed by atoms with E-state index in [-0.39, 0.29) is 4.90 Å². The fourth-order valence-corrected chi connectivity index (χ4v) is 5.06. The van der Waals surface area contributed by atoms with Gasteiger partial charge >= 0.3 is 0 Å². The molecule has 8 nitrogen and oxygen atoms in total. The van der Waals surface area contributed by atoms with Gasteiger partial charge in [-0.15, -0.1) is 0 Å². The molecule has 24 heavy (non-hydrogen) atoms. The second kappa shape index (κ2) is 5.99. The number of para-hydroxylation sites is 1. The van der Waals surface area contributed by atoms with Crippen LogP contribution in [0.15, 0.2) is 33.7 Å². The molecule has 0 bridgehead atoms. The Morgan fingerprint density at radius 1 is 1.33 bits per heavy atom. The summed E-state index contributed by atoms with van der Waals surface area (Å²) < 4.78 is 32.6. The van der Waals surface area contributed by atoms with Gasteiger partial charge in [-0.05, 0) is 32.8 Å². The summed E-state index contributed by atoms with van der Waals surface area (Å²) in [7, 11) is -4.00. The van der Waals surface area contributed by atoms with Crippen molar-refractivity contribution in [1.82, 2.24) is 9.46 Å². The molecule has 9 heteroatoms. The van der Waals surface area contributed by atoms with Gasteiger partial charge < -0.3 is 4.52 Å². The molecular weight excluding hydrogens is 334 g/mol. The van der Waals surface area contributed by atoms with E-state index in [1.54, 1.807) is 13.8 Å². The van der Waals surface area contributed by atoms with Crippen LogP contribution in [0.2, 0.25) is 0 Å². The molecule has 1 aliphatic heterocycles. The molecule has 0 N–H and O–H groups in total. The number of sulfonamides is 1. The minimum Gasteiger partial charge on any atom is -0.361 e. The maximum absolute atomic E-state index is 13.1. The Bertz CT molecular complexity index is 871. The predicted octanol–water partition coefficient (Wildman–Crippen LogP) is 2.73. The van der Waals surface area contributed by atoms with Gasteiger partial charge in [0, 0.05) is 18.2 Å². The first-order valence-electron chi connectivity index (χ1n) is 7.52. The zero-order valence-electron chi connectivity index (χ0n) is 13.3. The van der Waals surface area contributed by atoms with Crippen LogP contribution in [0.1, 0.15) is 35.9 Å². The first kappa shape index (κ1) is 16.6. The highest BCUT2D eigenvalue weighted by molar-refractivity contribution is 7.89. The van der Waals surface area contributed by atoms with Gasteiger partial charge in [-0.1, -0.05) is 17.3 Å². The summed E-state index contributed by atoms with van der Waals surface area (Å²) in [4.78, 5) is 10.2. The number of hydrogen-bond acceptors (Lipinski definition) is 6. The van der Waals surface area contributed by atoms with Crippen LogP contribution in [0.5, 0.6) is 0 Å². The summed E-state index contributed by atoms with van der Waals surface area (Å²) in [6, 6.07) is 5.00. The summed E-state index contributed by atoms with van der Waals surface area (Å²) >= 11 is 0. The molecule has 3 rings (SSSR count). The number of nitro groups is 1. The van der Waals surface area contributed by atoms with Crippen molar-refractivity contribution in [3.8, 4) is 0 Å². The van der Waals surface area contributed by atoms with Crippen LogP contribution in [0.25, 0.3) is 0 Å². The molecule has 0 aliphatic carbocycles. The third-order valence-corrected chi connectivity index (χ3v) is 6.23. The third kappa shape index (κ3) is 2.59. The van der Waals surface area contributed by atoms with E-state index in [1.807, 2.05) is 0 Å². The van der Waals surface area contributed by atoms with Gasteiger partial charge in [0.1, 0.15) is 5.76 Å². The molecule has 0 radical (unpaired) electrons. The Hall–Kier alpha value is -2.26. The zero-order valence-corrected chi connectivity index (χ0v) is 14.1. The number of aryl methyl sites for hydroxylation is 2. The van der Waals surface area contributed by atoms with E-state index >= 15 is 0 Å². The molecule has 1 aromatic carbocycles. The van der Waals surface area contributed by atoms with E-state index < -0.39 is 26.7 Å². The predicted molar refractivity (Wildman–Crippen MR) is 84.9 cm³/mol. The lowest BCUT2D eigenvalue weighted by molar-refractivity contribution is -0.387. The number of nitro benzene ring substituents is 1. The topological polar surface area (TPSA) is 107 Å². The number of benzene rings is 1. The van der Waals surface area contributed by atoms with Crippen molar-refractivity contribution in [3.63, 3.8) is 0 Å². The molecule has 0 spiro atoms. The summed E-state index contributed by atoms with van der Waals surface area (Å²) in [5.74, 6) is 0.571. The molecule has 1 aliphatic rings. The molecule has 1 aromatic heterocycles. The van der Waals surface area contributed by atoms with Crippen LogP contribution < -0.4 is 0 Å². The lowest BCUT2D eigenvalue weighted by Gasteiger charge is -2.24. The highest BCUT2D eigenvalue weighted by Crippen LogP contribution is 2.40. The van der Waals surface area contributed by atoms with Gasteiger partial charge in [-0.25, -0.2) is 8.42 Å². The average molecular weight is 351 g/mol. The quantitative estimate of drug-likeness (QED) is 0.619. The van der Waals surface area contributed by atoms with Crippen molar-refractivity contribution in [3.05, 3.63) is 51.4 Å². The van der Waals surface area contributed by atoms with Gasteiger partial charge in [-0.3, -0.25) is 10.1 Å². The van der Waals surface area contributed by atoms with E-state index in [2.05, 4.69) is 5.16 Å². The first-order chi connectivity index (χ1) is 11.3. The third-order valence-electron chi connectivity index (χ3n) is 4.27. The van der Waals surface area contributed by atoms with Crippen molar-refractivity contribution in [2.75, 3.05) is 6.54 Å². The van der Waals surface area contributed by atoms with Gasteiger partial charge in [0.25, 0.3) is 5.69 Å². The molecule has 1 fully saturated rings. The lowest BCUT2D eigenvalue weighted by atomic mass is 10.0. The Kier molecular flexibility index (Phi) is 4.14. The summed E-state index contributed by atoms with van der Waals surface area (Å²) in [6.07, 6.45) is 1.30. The molecule has 0 saturated carbocycles. The Morgan fingerprint density at radius 3 is 2.67 bits per heavy atom. The van der Waals surface area contributed by atoms with Crippen molar-refractivity contribution in [2.45, 2.75) is 37.6 Å². The molecule has 0 amide bonds. The van der Waals surface area contributed by atoms with Crippen molar-refractivity contribution in [2.24, 2.45) is 0 Å². The maximum Gasteiger partial charge on any atom is 0.289 e. The van der Waals surface area contributed by atoms with Gasteiger partial charge in [0.15, 0.2) is 4.90 Å². The van der Waals surface area contributed by atoms with Gasteiger partial charge in [-0.2, -0.15) is 4.31 Å². The van der Waals surface area contributed by atoms with Crippen molar-refractivity contribution < 1.29 is 17.9 Å². The smallest absolute Gasteiger partial charge is 0.289 e.